The fraction of sp³-hybridized carbons (Fsp3) is 0.333. The zero-order valence-corrected chi connectivity index (χ0v) is 17.5. The Morgan fingerprint density at radius 2 is 1.73 bits per heavy atom. The molecule has 0 N–H and O–H groups in total. The molecule has 2 aromatic rings. The van der Waals surface area contributed by atoms with Crippen molar-refractivity contribution in [1.82, 2.24) is 0 Å². The van der Waals surface area contributed by atoms with E-state index in [9.17, 15) is 9.59 Å². The van der Waals surface area contributed by atoms with E-state index in [0.717, 1.165) is 35.0 Å². The zero-order chi connectivity index (χ0) is 21.5. The van der Waals surface area contributed by atoms with Gasteiger partial charge in [-0.05, 0) is 50.1 Å². The van der Waals surface area contributed by atoms with Crippen molar-refractivity contribution in [2.45, 2.75) is 31.8 Å². The van der Waals surface area contributed by atoms with E-state index in [1.165, 1.54) is 7.11 Å². The molecule has 0 radical (unpaired) electrons. The van der Waals surface area contributed by atoms with Crippen molar-refractivity contribution >= 4 is 18.6 Å². The number of benzene rings is 2. The van der Waals surface area contributed by atoms with Gasteiger partial charge in [0.2, 0.25) is 0 Å². The Labute approximate surface area is 175 Å². The predicted octanol–water partition coefficient (Wildman–Crippen LogP) is 4.23. The Hall–Kier alpha value is -3.28. The topological polar surface area (TPSA) is 71.1 Å². The third-order valence-corrected chi connectivity index (χ3v) is 5.56. The number of carbonyl (C=O) groups excluding carboxylic acids is 2. The van der Waals surface area contributed by atoms with E-state index in [0.29, 0.717) is 41.4 Å². The van der Waals surface area contributed by atoms with Gasteiger partial charge in [-0.2, -0.15) is 0 Å². The molecule has 0 aromatic heterocycles. The van der Waals surface area contributed by atoms with Crippen molar-refractivity contribution in [2.24, 2.45) is 0 Å². The Bertz CT molecular complexity index is 1050. The lowest BCUT2D eigenvalue weighted by molar-refractivity contribution is 0.110. The Morgan fingerprint density at radius 3 is 2.40 bits per heavy atom. The summed E-state index contributed by atoms with van der Waals surface area (Å²) in [6.45, 7) is 4.30. The molecule has 0 fully saturated rings. The summed E-state index contributed by atoms with van der Waals surface area (Å²) in [5, 5.41) is 0. The quantitative estimate of drug-likeness (QED) is 0.690. The van der Waals surface area contributed by atoms with E-state index in [4.69, 9.17) is 18.9 Å². The van der Waals surface area contributed by atoms with Crippen LogP contribution < -0.4 is 18.9 Å². The predicted molar refractivity (Wildman–Crippen MR) is 112 cm³/mol. The normalized spacial score (nSPS) is 18.3. The van der Waals surface area contributed by atoms with Crippen LogP contribution in [0.4, 0.5) is 0 Å². The van der Waals surface area contributed by atoms with E-state index < -0.39 is 5.60 Å². The number of carbonyl (C=O) groups is 2. The summed E-state index contributed by atoms with van der Waals surface area (Å²) >= 11 is 0. The van der Waals surface area contributed by atoms with E-state index in [-0.39, 0.29) is 5.92 Å². The first-order valence-electron chi connectivity index (χ1n) is 9.78. The first-order valence-corrected chi connectivity index (χ1v) is 9.78. The smallest absolute Gasteiger partial charge is 0.153 e. The number of methoxy groups -OCH3 is 2. The van der Waals surface area contributed by atoms with Crippen LogP contribution in [0.1, 0.15) is 57.2 Å². The first kappa shape index (κ1) is 20.0. The maximum atomic E-state index is 11.8. The Kier molecular flexibility index (Phi) is 5.02. The summed E-state index contributed by atoms with van der Waals surface area (Å²) in [5.41, 5.74) is 3.05. The van der Waals surface area contributed by atoms with Crippen molar-refractivity contribution in [3.05, 3.63) is 52.1 Å². The van der Waals surface area contributed by atoms with Gasteiger partial charge in [-0.3, -0.25) is 9.59 Å². The van der Waals surface area contributed by atoms with Crippen molar-refractivity contribution in [3.63, 3.8) is 0 Å². The van der Waals surface area contributed by atoms with E-state index >= 15 is 0 Å². The second-order valence-electron chi connectivity index (χ2n) is 8.02. The summed E-state index contributed by atoms with van der Waals surface area (Å²) in [6, 6.07) is 5.34. The molecule has 0 unspecified atom stereocenters. The van der Waals surface area contributed by atoms with Crippen molar-refractivity contribution in [2.75, 3.05) is 20.8 Å². The number of hydrogen-bond donors (Lipinski definition) is 0. The monoisotopic (exact) mass is 408 g/mol. The van der Waals surface area contributed by atoms with Crippen LogP contribution in [0.15, 0.2) is 24.3 Å². The van der Waals surface area contributed by atoms with Crippen LogP contribution in [0.5, 0.6) is 23.0 Å². The average molecular weight is 408 g/mol. The Balaban J connectivity index is 1.77. The molecular weight excluding hydrogens is 384 g/mol. The molecule has 2 heterocycles. The molecule has 6 heteroatoms. The molecule has 0 bridgehead atoms. The summed E-state index contributed by atoms with van der Waals surface area (Å²) in [7, 11) is 3.10. The maximum Gasteiger partial charge on any atom is 0.153 e. The lowest BCUT2D eigenvalue weighted by Crippen LogP contribution is -2.29. The average Bonchev–Trinajstić information content (AvgIpc) is 2.76. The van der Waals surface area contributed by atoms with E-state index in [2.05, 4.69) is 0 Å². The van der Waals surface area contributed by atoms with Crippen LogP contribution >= 0.6 is 0 Å². The lowest BCUT2D eigenvalue weighted by atomic mass is 9.86. The van der Waals surface area contributed by atoms with Gasteiger partial charge in [0.05, 0.1) is 37.5 Å². The standard InChI is InChI=1S/C24H24O6/c1-24(2)6-5-18-22-14(7-16(12-26)23(18)30-24)8-17(13-29-22)19-9-15(11-25)20(27-3)10-21(19)28-4/h5-7,9-12,17H,8,13H2,1-4H3/t17-/m0/s1. The molecule has 0 amide bonds. The van der Waals surface area contributed by atoms with Crippen LogP contribution in [0.2, 0.25) is 0 Å². The molecule has 0 saturated heterocycles. The second kappa shape index (κ2) is 7.52. The largest absolute Gasteiger partial charge is 0.496 e. The molecule has 0 saturated carbocycles. The van der Waals surface area contributed by atoms with Gasteiger partial charge >= 0.3 is 0 Å². The zero-order valence-electron chi connectivity index (χ0n) is 17.5. The molecule has 2 aromatic carbocycles. The molecule has 6 nitrogen and oxygen atoms in total. The van der Waals surface area contributed by atoms with Crippen LogP contribution in [0.3, 0.4) is 0 Å². The summed E-state index contributed by atoms with van der Waals surface area (Å²) in [5.74, 6) is 2.35. The highest BCUT2D eigenvalue weighted by Crippen LogP contribution is 2.46. The number of hydrogen-bond acceptors (Lipinski definition) is 6. The van der Waals surface area contributed by atoms with Gasteiger partial charge in [0.15, 0.2) is 12.6 Å². The van der Waals surface area contributed by atoms with Gasteiger partial charge in [-0.25, -0.2) is 0 Å². The highest BCUT2D eigenvalue weighted by molar-refractivity contribution is 5.86. The third-order valence-electron chi connectivity index (χ3n) is 5.56. The Morgan fingerprint density at radius 1 is 1.00 bits per heavy atom. The molecule has 2 aliphatic heterocycles. The lowest BCUT2D eigenvalue weighted by Gasteiger charge is -2.33. The summed E-state index contributed by atoms with van der Waals surface area (Å²) < 4.78 is 23.0. The van der Waals surface area contributed by atoms with Crippen LogP contribution in [-0.2, 0) is 6.42 Å². The molecule has 0 aliphatic carbocycles. The minimum atomic E-state index is -0.488. The number of ether oxygens (including phenoxy) is 4. The maximum absolute atomic E-state index is 11.8. The molecule has 156 valence electrons. The highest BCUT2D eigenvalue weighted by atomic mass is 16.5. The number of fused-ring (bicyclic) bond motifs is 3. The highest BCUT2D eigenvalue weighted by Gasteiger charge is 2.32. The molecule has 2 aliphatic rings. The fourth-order valence-corrected chi connectivity index (χ4v) is 4.07. The minimum Gasteiger partial charge on any atom is -0.496 e. The molecule has 30 heavy (non-hydrogen) atoms. The summed E-state index contributed by atoms with van der Waals surface area (Å²) in [4.78, 5) is 23.3. The van der Waals surface area contributed by atoms with E-state index in [1.54, 1.807) is 19.2 Å². The van der Waals surface area contributed by atoms with Crippen molar-refractivity contribution in [3.8, 4) is 23.0 Å². The number of aldehydes is 2. The van der Waals surface area contributed by atoms with Crippen LogP contribution in [0.25, 0.3) is 6.08 Å². The van der Waals surface area contributed by atoms with Gasteiger partial charge in [-0.15, -0.1) is 0 Å². The molecular formula is C24H24O6. The van der Waals surface area contributed by atoms with Gasteiger partial charge in [-0.1, -0.05) is 0 Å². The number of rotatable bonds is 5. The third kappa shape index (κ3) is 3.32. The van der Waals surface area contributed by atoms with Gasteiger partial charge < -0.3 is 18.9 Å². The SMILES string of the molecule is COc1cc(OC)c([C@@H]2COc3c(cc(C=O)c4c3C=CC(C)(C)O4)C2)cc1C=O. The molecule has 4 rings (SSSR count). The van der Waals surface area contributed by atoms with Gasteiger partial charge in [0.1, 0.15) is 28.6 Å². The van der Waals surface area contributed by atoms with E-state index in [1.807, 2.05) is 32.1 Å². The fourth-order valence-electron chi connectivity index (χ4n) is 4.07. The van der Waals surface area contributed by atoms with Crippen LogP contribution in [0, 0.1) is 0 Å². The molecule has 0 spiro atoms. The minimum absolute atomic E-state index is 0.0421. The van der Waals surface area contributed by atoms with Crippen LogP contribution in [-0.4, -0.2) is 39.0 Å². The van der Waals surface area contributed by atoms with Gasteiger partial charge in [0, 0.05) is 17.5 Å². The first-order chi connectivity index (χ1) is 14.4. The van der Waals surface area contributed by atoms with Gasteiger partial charge in [0.25, 0.3) is 0 Å². The van der Waals surface area contributed by atoms with Crippen molar-refractivity contribution in [1.29, 1.82) is 0 Å². The van der Waals surface area contributed by atoms with Crippen molar-refractivity contribution < 1.29 is 28.5 Å². The molecule has 1 atom stereocenters. The summed E-state index contributed by atoms with van der Waals surface area (Å²) in [6.07, 6.45) is 6.15. The second-order valence-corrected chi connectivity index (χ2v) is 8.02.